The summed E-state index contributed by atoms with van der Waals surface area (Å²) in [5, 5.41) is 0. The number of rotatable bonds is 6. The third-order valence-corrected chi connectivity index (χ3v) is 4.41. The van der Waals surface area contributed by atoms with Crippen molar-refractivity contribution in [3.63, 3.8) is 0 Å². The van der Waals surface area contributed by atoms with Crippen LogP contribution in [0.4, 0.5) is 10.5 Å². The van der Waals surface area contributed by atoms with Gasteiger partial charge in [-0.3, -0.25) is 0 Å². The molecule has 0 aliphatic rings. The van der Waals surface area contributed by atoms with Crippen LogP contribution in [-0.2, 0) is 4.74 Å². The smallest absolute Gasteiger partial charge is 0.424 e. The summed E-state index contributed by atoms with van der Waals surface area (Å²) in [6, 6.07) is 13.8. The van der Waals surface area contributed by atoms with E-state index >= 15 is 0 Å². The van der Waals surface area contributed by atoms with Gasteiger partial charge in [0.25, 0.3) is 0 Å². The zero-order valence-electron chi connectivity index (χ0n) is 18.7. The maximum atomic E-state index is 13.1. The Morgan fingerprint density at radius 1 is 1.03 bits per heavy atom. The Morgan fingerprint density at radius 2 is 1.66 bits per heavy atom. The SMILES string of the molecule is C=C(c1cn(-c2cccc(OC)c2)c(=O)o1)N(C(=O)OC(C)(C)C)c1cccc(OC)c1. The zero-order valence-corrected chi connectivity index (χ0v) is 18.7. The minimum Gasteiger partial charge on any atom is -0.497 e. The van der Waals surface area contributed by atoms with Gasteiger partial charge in [0.2, 0.25) is 0 Å². The van der Waals surface area contributed by atoms with Crippen molar-refractivity contribution in [3.05, 3.63) is 77.6 Å². The number of hydrogen-bond acceptors (Lipinski definition) is 6. The number of benzene rings is 2. The molecule has 1 amide bonds. The van der Waals surface area contributed by atoms with E-state index in [4.69, 9.17) is 18.6 Å². The van der Waals surface area contributed by atoms with Gasteiger partial charge in [0.15, 0.2) is 5.76 Å². The van der Waals surface area contributed by atoms with E-state index < -0.39 is 17.5 Å². The number of oxazole rings is 1. The van der Waals surface area contributed by atoms with Crippen LogP contribution in [0.3, 0.4) is 0 Å². The molecule has 8 heteroatoms. The van der Waals surface area contributed by atoms with Gasteiger partial charge in [-0.2, -0.15) is 0 Å². The monoisotopic (exact) mass is 438 g/mol. The number of nitrogens with zero attached hydrogens (tertiary/aromatic N) is 2. The molecule has 0 spiro atoms. The molecular weight excluding hydrogens is 412 g/mol. The van der Waals surface area contributed by atoms with Crippen molar-refractivity contribution in [3.8, 4) is 17.2 Å². The maximum absolute atomic E-state index is 13.1. The maximum Gasteiger partial charge on any atom is 0.424 e. The Labute approximate surface area is 186 Å². The standard InChI is InChI=1S/C24H26N2O6/c1-16(21-15-25(22(27)31-21)17-9-7-11-19(13-17)29-5)26(23(28)32-24(2,3)4)18-10-8-12-20(14-18)30-6/h7-15H,1H2,2-6H3. The Kier molecular flexibility index (Phi) is 6.43. The fourth-order valence-corrected chi connectivity index (χ4v) is 2.95. The Bertz CT molecular complexity index is 1190. The highest BCUT2D eigenvalue weighted by molar-refractivity contribution is 6.01. The predicted molar refractivity (Wildman–Crippen MR) is 122 cm³/mol. The van der Waals surface area contributed by atoms with Crippen LogP contribution in [0.25, 0.3) is 11.4 Å². The second kappa shape index (κ2) is 9.05. The molecule has 0 saturated heterocycles. The van der Waals surface area contributed by atoms with Gasteiger partial charge < -0.3 is 18.6 Å². The van der Waals surface area contributed by atoms with Crippen molar-refractivity contribution in [2.24, 2.45) is 0 Å². The van der Waals surface area contributed by atoms with E-state index in [9.17, 15) is 9.59 Å². The van der Waals surface area contributed by atoms with Crippen LogP contribution < -0.4 is 20.1 Å². The van der Waals surface area contributed by atoms with Gasteiger partial charge in [-0.1, -0.05) is 18.7 Å². The average molecular weight is 438 g/mol. The Hall–Kier alpha value is -3.94. The Morgan fingerprint density at radius 3 is 2.28 bits per heavy atom. The van der Waals surface area contributed by atoms with Crippen LogP contribution >= 0.6 is 0 Å². The first-order chi connectivity index (χ1) is 15.1. The average Bonchev–Trinajstić information content (AvgIpc) is 3.14. The number of amides is 1. The van der Waals surface area contributed by atoms with E-state index in [-0.39, 0.29) is 11.5 Å². The van der Waals surface area contributed by atoms with Gasteiger partial charge in [0.1, 0.15) is 17.1 Å². The lowest BCUT2D eigenvalue weighted by atomic mass is 10.2. The van der Waals surface area contributed by atoms with Crippen molar-refractivity contribution in [2.75, 3.05) is 19.1 Å². The fraction of sp³-hybridized carbons (Fsp3) is 0.250. The molecule has 8 nitrogen and oxygen atoms in total. The van der Waals surface area contributed by atoms with Crippen LogP contribution in [0.1, 0.15) is 26.5 Å². The number of carbonyl (C=O) groups excluding carboxylic acids is 1. The third-order valence-electron chi connectivity index (χ3n) is 4.41. The molecule has 1 aromatic heterocycles. The highest BCUT2D eigenvalue weighted by atomic mass is 16.6. The van der Waals surface area contributed by atoms with Crippen molar-refractivity contribution >= 4 is 17.5 Å². The molecular formula is C24H26N2O6. The Balaban J connectivity index is 2.04. The van der Waals surface area contributed by atoms with Crippen LogP contribution in [0.2, 0.25) is 0 Å². The van der Waals surface area contributed by atoms with E-state index in [1.165, 1.54) is 29.9 Å². The van der Waals surface area contributed by atoms with Gasteiger partial charge in [0, 0.05) is 12.1 Å². The number of carbonyl (C=O) groups is 1. The second-order valence-electron chi connectivity index (χ2n) is 7.90. The van der Waals surface area contributed by atoms with E-state index in [0.717, 1.165) is 0 Å². The van der Waals surface area contributed by atoms with Gasteiger partial charge in [0.05, 0.1) is 37.5 Å². The second-order valence-corrected chi connectivity index (χ2v) is 7.90. The van der Waals surface area contributed by atoms with Gasteiger partial charge in [-0.05, 0) is 45.0 Å². The van der Waals surface area contributed by atoms with Crippen molar-refractivity contribution < 1.29 is 23.4 Å². The topological polar surface area (TPSA) is 83.1 Å². The highest BCUT2D eigenvalue weighted by Crippen LogP contribution is 2.30. The zero-order chi connectivity index (χ0) is 23.5. The summed E-state index contributed by atoms with van der Waals surface area (Å²) >= 11 is 0. The number of methoxy groups -OCH3 is 2. The number of ether oxygens (including phenoxy) is 3. The minimum absolute atomic E-state index is 0.103. The van der Waals surface area contributed by atoms with Gasteiger partial charge >= 0.3 is 11.8 Å². The molecule has 0 saturated carbocycles. The normalized spacial score (nSPS) is 11.0. The lowest BCUT2D eigenvalue weighted by Gasteiger charge is -2.28. The fourth-order valence-electron chi connectivity index (χ4n) is 2.95. The summed E-state index contributed by atoms with van der Waals surface area (Å²) in [7, 11) is 3.07. The highest BCUT2D eigenvalue weighted by Gasteiger charge is 2.28. The molecule has 32 heavy (non-hydrogen) atoms. The molecule has 0 N–H and O–H groups in total. The molecule has 3 rings (SSSR count). The summed E-state index contributed by atoms with van der Waals surface area (Å²) < 4.78 is 22.8. The number of anilines is 1. The molecule has 0 bridgehead atoms. The van der Waals surface area contributed by atoms with E-state index in [1.807, 2.05) is 0 Å². The molecule has 0 unspecified atom stereocenters. The quantitative estimate of drug-likeness (QED) is 0.547. The first-order valence-electron chi connectivity index (χ1n) is 9.86. The minimum atomic E-state index is -0.748. The van der Waals surface area contributed by atoms with Gasteiger partial charge in [-0.25, -0.2) is 19.1 Å². The molecule has 0 atom stereocenters. The lowest BCUT2D eigenvalue weighted by Crippen LogP contribution is -2.35. The van der Waals surface area contributed by atoms with Crippen LogP contribution in [0.5, 0.6) is 11.5 Å². The molecule has 168 valence electrons. The number of hydrogen-bond donors (Lipinski definition) is 0. The van der Waals surface area contributed by atoms with Crippen molar-refractivity contribution in [2.45, 2.75) is 26.4 Å². The van der Waals surface area contributed by atoms with Crippen LogP contribution in [0.15, 0.2) is 70.5 Å². The molecule has 2 aromatic carbocycles. The summed E-state index contributed by atoms with van der Waals surface area (Å²) in [5.41, 5.74) is 0.371. The summed E-state index contributed by atoms with van der Waals surface area (Å²) in [5.74, 6) is 0.595. The van der Waals surface area contributed by atoms with E-state index in [2.05, 4.69) is 6.58 Å². The van der Waals surface area contributed by atoms with Crippen LogP contribution in [0, 0.1) is 0 Å². The van der Waals surface area contributed by atoms with Crippen LogP contribution in [-0.4, -0.2) is 30.5 Å². The van der Waals surface area contributed by atoms with Crippen molar-refractivity contribution in [1.29, 1.82) is 0 Å². The molecule has 1 heterocycles. The third kappa shape index (κ3) is 5.03. The van der Waals surface area contributed by atoms with E-state index in [1.54, 1.807) is 69.3 Å². The number of aromatic nitrogens is 1. The molecule has 0 aliphatic carbocycles. The van der Waals surface area contributed by atoms with Gasteiger partial charge in [-0.15, -0.1) is 0 Å². The molecule has 0 fully saturated rings. The molecule has 0 aliphatic heterocycles. The summed E-state index contributed by atoms with van der Waals surface area (Å²) in [6.45, 7) is 9.29. The molecule has 0 radical (unpaired) electrons. The summed E-state index contributed by atoms with van der Waals surface area (Å²) in [4.78, 5) is 26.9. The van der Waals surface area contributed by atoms with E-state index in [0.29, 0.717) is 22.9 Å². The first kappa shape index (κ1) is 22.7. The van der Waals surface area contributed by atoms with Crippen molar-refractivity contribution in [1.82, 2.24) is 4.57 Å². The molecule has 3 aromatic rings. The lowest BCUT2D eigenvalue weighted by molar-refractivity contribution is 0.0600. The predicted octanol–water partition coefficient (Wildman–Crippen LogP) is 4.86. The first-order valence-corrected chi connectivity index (χ1v) is 9.86. The largest absolute Gasteiger partial charge is 0.497 e. The summed E-state index contributed by atoms with van der Waals surface area (Å²) in [6.07, 6.45) is 0.796.